The van der Waals surface area contributed by atoms with Crippen molar-refractivity contribution in [1.82, 2.24) is 4.90 Å². The van der Waals surface area contributed by atoms with Crippen LogP contribution in [-0.2, 0) is 29.3 Å². The number of fused-ring (bicyclic) bond motifs is 1. The Balaban J connectivity index is 1.52. The highest BCUT2D eigenvalue weighted by Crippen LogP contribution is 2.33. The van der Waals surface area contributed by atoms with Crippen molar-refractivity contribution < 1.29 is 33.8 Å². The molecule has 8 heteroatoms. The Morgan fingerprint density at radius 2 is 1.52 bits per heavy atom. The first-order chi connectivity index (χ1) is 19.4. The van der Waals surface area contributed by atoms with Gasteiger partial charge in [-0.3, -0.25) is 4.79 Å². The summed E-state index contributed by atoms with van der Waals surface area (Å²) in [5.41, 5.74) is 3.20. The Bertz CT molecular complexity index is 1690. The fourth-order valence-corrected chi connectivity index (χ4v) is 4.53. The Hall–Kier alpha value is -5.37. The molecule has 0 radical (unpaired) electrons. The van der Waals surface area contributed by atoms with Gasteiger partial charge < -0.3 is 24.3 Å². The Morgan fingerprint density at radius 1 is 0.775 bits per heavy atom. The highest BCUT2D eigenvalue weighted by Gasteiger charge is 2.23. The van der Waals surface area contributed by atoms with Gasteiger partial charge in [-0.25, -0.2) is 9.59 Å². The topological polar surface area (TPSA) is 117 Å². The summed E-state index contributed by atoms with van der Waals surface area (Å²) >= 11 is 0. The highest BCUT2D eigenvalue weighted by molar-refractivity contribution is 6.31. The normalized spacial score (nSPS) is 10.8. The van der Waals surface area contributed by atoms with E-state index < -0.39 is 17.8 Å². The van der Waals surface area contributed by atoms with Gasteiger partial charge in [-0.1, -0.05) is 84.9 Å². The molecule has 5 rings (SSSR count). The summed E-state index contributed by atoms with van der Waals surface area (Å²) < 4.78 is 11.5. The van der Waals surface area contributed by atoms with E-state index in [-0.39, 0.29) is 25.5 Å². The number of carboxylic acids is 2. The maximum Gasteiger partial charge on any atom is 0.394 e. The van der Waals surface area contributed by atoms with Crippen LogP contribution >= 0.6 is 0 Å². The number of amides is 1. The van der Waals surface area contributed by atoms with Crippen molar-refractivity contribution in [2.24, 2.45) is 0 Å². The predicted molar refractivity (Wildman–Crippen MR) is 148 cm³/mol. The smallest absolute Gasteiger partial charge is 0.394 e. The first kappa shape index (κ1) is 26.2. The van der Waals surface area contributed by atoms with Crippen LogP contribution in [0.15, 0.2) is 108 Å². The van der Waals surface area contributed by atoms with Gasteiger partial charge in [0, 0.05) is 12.1 Å². The van der Waals surface area contributed by atoms with Crippen molar-refractivity contribution in [2.75, 3.05) is 0 Å². The molecule has 200 valence electrons. The van der Waals surface area contributed by atoms with Gasteiger partial charge in [0.25, 0.3) is 0 Å². The van der Waals surface area contributed by atoms with Crippen LogP contribution in [0.4, 0.5) is 0 Å². The summed E-state index contributed by atoms with van der Waals surface area (Å²) in [7, 11) is 0. The standard InChI is InChI=1S/C32H25NO7/c34-30(32(37)38)33(18-21-7-2-1-3-8-21)19-24-14-13-23(27-12-6-10-22-9-4-5-11-26(22)27)17-29(24)39-20-25-15-16-28(40-25)31(35)36/h1-17H,18-20H2,(H,35,36)(H,37,38). The van der Waals surface area contributed by atoms with Gasteiger partial charge in [0.1, 0.15) is 18.1 Å². The van der Waals surface area contributed by atoms with E-state index in [1.54, 1.807) is 0 Å². The summed E-state index contributed by atoms with van der Waals surface area (Å²) in [5, 5.41) is 20.8. The second kappa shape index (κ2) is 11.6. The van der Waals surface area contributed by atoms with Crippen LogP contribution in [0.1, 0.15) is 27.4 Å². The number of rotatable bonds is 9. The zero-order valence-electron chi connectivity index (χ0n) is 21.3. The summed E-state index contributed by atoms with van der Waals surface area (Å²) in [6.45, 7) is 0.00514. The molecule has 0 aliphatic carbocycles. The number of aliphatic carboxylic acids is 1. The second-order valence-corrected chi connectivity index (χ2v) is 9.16. The van der Waals surface area contributed by atoms with Gasteiger partial charge in [-0.05, 0) is 45.7 Å². The quantitative estimate of drug-likeness (QED) is 0.223. The number of hydrogen-bond acceptors (Lipinski definition) is 5. The van der Waals surface area contributed by atoms with Crippen LogP contribution in [0.5, 0.6) is 5.75 Å². The molecule has 0 unspecified atom stereocenters. The van der Waals surface area contributed by atoms with E-state index in [0.29, 0.717) is 17.1 Å². The summed E-state index contributed by atoms with van der Waals surface area (Å²) in [5.74, 6) is -3.26. The number of hydrogen-bond donors (Lipinski definition) is 2. The SMILES string of the molecule is O=C(O)C(=O)N(Cc1ccccc1)Cc1ccc(-c2cccc3ccccc23)cc1OCc1ccc(C(=O)O)o1. The molecule has 1 amide bonds. The number of carbonyl (C=O) groups excluding carboxylic acids is 1. The lowest BCUT2D eigenvalue weighted by Gasteiger charge is -2.23. The summed E-state index contributed by atoms with van der Waals surface area (Å²) in [6.07, 6.45) is 0. The number of benzene rings is 4. The molecule has 0 atom stereocenters. The lowest BCUT2D eigenvalue weighted by molar-refractivity contribution is -0.156. The van der Waals surface area contributed by atoms with Crippen LogP contribution < -0.4 is 4.74 Å². The third-order valence-corrected chi connectivity index (χ3v) is 6.46. The van der Waals surface area contributed by atoms with Crippen LogP contribution in [0.25, 0.3) is 21.9 Å². The number of carbonyl (C=O) groups is 3. The van der Waals surface area contributed by atoms with Gasteiger partial charge in [-0.15, -0.1) is 0 Å². The monoisotopic (exact) mass is 535 g/mol. The van der Waals surface area contributed by atoms with E-state index in [0.717, 1.165) is 27.5 Å². The number of ether oxygens (including phenoxy) is 1. The van der Waals surface area contributed by atoms with Crippen LogP contribution in [-0.4, -0.2) is 33.0 Å². The fourth-order valence-electron chi connectivity index (χ4n) is 4.53. The van der Waals surface area contributed by atoms with Gasteiger partial charge in [-0.2, -0.15) is 0 Å². The van der Waals surface area contributed by atoms with Crippen molar-refractivity contribution in [3.63, 3.8) is 0 Å². The number of carboxylic acid groups (broad SMARTS) is 2. The molecule has 0 saturated carbocycles. The van der Waals surface area contributed by atoms with Crippen LogP contribution in [0.2, 0.25) is 0 Å². The number of furan rings is 1. The molecule has 1 aromatic heterocycles. The van der Waals surface area contributed by atoms with E-state index in [9.17, 15) is 24.6 Å². The average molecular weight is 536 g/mol. The van der Waals surface area contributed by atoms with Crippen molar-refractivity contribution >= 4 is 28.6 Å². The summed E-state index contributed by atoms with van der Waals surface area (Å²) in [6, 6.07) is 31.5. The molecular weight excluding hydrogens is 510 g/mol. The predicted octanol–water partition coefficient (Wildman–Crippen LogP) is 5.99. The minimum absolute atomic E-state index is 0.0241. The van der Waals surface area contributed by atoms with Crippen LogP contribution in [0, 0.1) is 0 Å². The number of nitrogens with zero attached hydrogens (tertiary/aromatic N) is 1. The van der Waals surface area contributed by atoms with Gasteiger partial charge in [0.2, 0.25) is 5.76 Å². The van der Waals surface area contributed by atoms with Crippen LogP contribution in [0.3, 0.4) is 0 Å². The van der Waals surface area contributed by atoms with Gasteiger partial charge in [0.05, 0.1) is 6.54 Å². The van der Waals surface area contributed by atoms with Crippen molar-refractivity contribution in [1.29, 1.82) is 0 Å². The van der Waals surface area contributed by atoms with E-state index in [1.807, 2.05) is 91.0 Å². The average Bonchev–Trinajstić information content (AvgIpc) is 3.46. The first-order valence-corrected chi connectivity index (χ1v) is 12.5. The molecule has 0 aliphatic heterocycles. The molecule has 0 spiro atoms. The minimum Gasteiger partial charge on any atom is -0.485 e. The van der Waals surface area contributed by atoms with Crippen molar-refractivity contribution in [3.05, 3.63) is 126 Å². The molecule has 0 saturated heterocycles. The van der Waals surface area contributed by atoms with E-state index in [1.165, 1.54) is 17.0 Å². The minimum atomic E-state index is -1.55. The van der Waals surface area contributed by atoms with E-state index >= 15 is 0 Å². The zero-order valence-corrected chi connectivity index (χ0v) is 21.3. The Morgan fingerprint density at radius 3 is 2.27 bits per heavy atom. The second-order valence-electron chi connectivity index (χ2n) is 9.16. The molecular formula is C32H25NO7. The third-order valence-electron chi connectivity index (χ3n) is 6.46. The zero-order chi connectivity index (χ0) is 28.1. The molecule has 1 heterocycles. The molecule has 0 fully saturated rings. The number of aromatic carboxylic acids is 1. The van der Waals surface area contributed by atoms with E-state index in [4.69, 9.17) is 9.15 Å². The lowest BCUT2D eigenvalue weighted by atomic mass is 9.97. The molecule has 5 aromatic rings. The third kappa shape index (κ3) is 5.86. The molecule has 2 N–H and O–H groups in total. The maximum absolute atomic E-state index is 12.7. The molecule has 0 bridgehead atoms. The van der Waals surface area contributed by atoms with Gasteiger partial charge >= 0.3 is 17.8 Å². The summed E-state index contributed by atoms with van der Waals surface area (Å²) in [4.78, 5) is 36.8. The first-order valence-electron chi connectivity index (χ1n) is 12.5. The van der Waals surface area contributed by atoms with Crippen molar-refractivity contribution in [3.8, 4) is 16.9 Å². The maximum atomic E-state index is 12.7. The fraction of sp³-hybridized carbons (Fsp3) is 0.0938. The highest BCUT2D eigenvalue weighted by atomic mass is 16.5. The Labute approximate surface area is 229 Å². The van der Waals surface area contributed by atoms with E-state index in [2.05, 4.69) is 0 Å². The van der Waals surface area contributed by atoms with Gasteiger partial charge in [0.15, 0.2) is 0 Å². The Kier molecular flexibility index (Phi) is 7.59. The van der Waals surface area contributed by atoms with Crippen molar-refractivity contribution in [2.45, 2.75) is 19.7 Å². The molecule has 4 aromatic carbocycles. The molecule has 8 nitrogen and oxygen atoms in total. The largest absolute Gasteiger partial charge is 0.485 e. The lowest BCUT2D eigenvalue weighted by Crippen LogP contribution is -2.35. The molecule has 0 aliphatic rings. The molecule has 40 heavy (non-hydrogen) atoms.